The fourth-order valence-corrected chi connectivity index (χ4v) is 6.50. The van der Waals surface area contributed by atoms with Crippen molar-refractivity contribution in [1.82, 2.24) is 0 Å². The lowest BCUT2D eigenvalue weighted by molar-refractivity contribution is -0.138. The Balaban J connectivity index is 1.97. The number of carboxylic acids is 2. The molecular formula is C49H78O7. The summed E-state index contributed by atoms with van der Waals surface area (Å²) in [5.41, 5.74) is 0.587. The Morgan fingerprint density at radius 1 is 0.411 bits per heavy atom. The number of hydrogen-bond donors (Lipinski definition) is 2. The van der Waals surface area contributed by atoms with Gasteiger partial charge in [-0.05, 0) is 102 Å². The van der Waals surface area contributed by atoms with Crippen LogP contribution < -0.4 is 9.47 Å². The van der Waals surface area contributed by atoms with Crippen LogP contribution in [0.4, 0.5) is 0 Å². The van der Waals surface area contributed by atoms with Crippen molar-refractivity contribution in [3.63, 3.8) is 0 Å². The third kappa shape index (κ3) is 36.1. The van der Waals surface area contributed by atoms with Crippen LogP contribution in [0, 0.1) is 0 Å². The van der Waals surface area contributed by atoms with Crippen molar-refractivity contribution in [1.29, 1.82) is 0 Å². The lowest BCUT2D eigenvalue weighted by Crippen LogP contribution is -2.01. The van der Waals surface area contributed by atoms with E-state index in [0.717, 1.165) is 109 Å². The summed E-state index contributed by atoms with van der Waals surface area (Å²) >= 11 is 0. The molecule has 0 bridgehead atoms. The second-order valence-corrected chi connectivity index (χ2v) is 15.1. The largest absolute Gasteiger partial charge is 0.493 e. The summed E-state index contributed by atoms with van der Waals surface area (Å²) in [5.74, 6) is 0.0423. The minimum absolute atomic E-state index is 0.299. The van der Waals surface area contributed by atoms with E-state index >= 15 is 0 Å². The number of rotatable bonds is 41. The predicted molar refractivity (Wildman–Crippen MR) is 233 cm³/mol. The quantitative estimate of drug-likeness (QED) is 0.0387. The van der Waals surface area contributed by atoms with Crippen molar-refractivity contribution < 1.29 is 34.1 Å². The third-order valence-electron chi connectivity index (χ3n) is 9.84. The smallest absolute Gasteiger partial charge is 0.303 e. The van der Waals surface area contributed by atoms with E-state index in [9.17, 15) is 14.4 Å². The minimum atomic E-state index is -0.687. The molecule has 1 rings (SSSR count). The molecular weight excluding hydrogens is 701 g/mol. The average Bonchev–Trinajstić information content (AvgIpc) is 3.18. The van der Waals surface area contributed by atoms with Crippen LogP contribution in [0.2, 0.25) is 0 Å². The number of carboxylic acid groups (broad SMARTS) is 2. The van der Waals surface area contributed by atoms with Gasteiger partial charge in [-0.15, -0.1) is 0 Å². The molecule has 0 atom stereocenters. The summed E-state index contributed by atoms with van der Waals surface area (Å²) in [5, 5.41) is 17.3. The molecule has 0 aliphatic rings. The standard InChI is InChI=1S/C49H78O7/c50-44-45-41-46(55-39-35-31-27-23-19-15-11-7-3-1-5-9-13-17-21-25-29-33-37-48(51)52)43-47(42-45)56-40-36-32-28-24-20-16-12-8-4-2-6-10-14-18-22-26-30-34-38-49(53)54/h3-10,41-44H,1-2,11-40H2,(H,51,52)(H,53,54). The maximum atomic E-state index is 11.5. The topological polar surface area (TPSA) is 110 Å². The van der Waals surface area contributed by atoms with E-state index < -0.39 is 11.9 Å². The van der Waals surface area contributed by atoms with E-state index in [1.165, 1.54) is 77.0 Å². The number of carbonyl (C=O) groups excluding carboxylic acids is 1. The van der Waals surface area contributed by atoms with Crippen LogP contribution in [0.15, 0.2) is 66.8 Å². The molecule has 1 aromatic carbocycles. The first-order chi connectivity index (χ1) is 27.5. The Labute approximate surface area is 341 Å². The summed E-state index contributed by atoms with van der Waals surface area (Å²) < 4.78 is 12.0. The second-order valence-electron chi connectivity index (χ2n) is 15.1. The van der Waals surface area contributed by atoms with E-state index in [1.807, 2.05) is 6.07 Å². The van der Waals surface area contributed by atoms with Crippen LogP contribution in [-0.2, 0) is 9.59 Å². The van der Waals surface area contributed by atoms with E-state index in [4.69, 9.17) is 19.7 Å². The zero-order chi connectivity index (χ0) is 40.4. The highest BCUT2D eigenvalue weighted by atomic mass is 16.5. The van der Waals surface area contributed by atoms with Crippen molar-refractivity contribution in [2.75, 3.05) is 13.2 Å². The summed E-state index contributed by atoms with van der Waals surface area (Å²) in [6, 6.07) is 5.50. The summed E-state index contributed by atoms with van der Waals surface area (Å²) in [4.78, 5) is 32.5. The minimum Gasteiger partial charge on any atom is -0.493 e. The van der Waals surface area contributed by atoms with Gasteiger partial charge in [-0.1, -0.05) is 138 Å². The molecule has 316 valence electrons. The number of unbranched alkanes of at least 4 members (excludes halogenated alkanes) is 22. The number of aliphatic carboxylic acids is 2. The lowest BCUT2D eigenvalue weighted by atomic mass is 10.1. The monoisotopic (exact) mass is 779 g/mol. The highest BCUT2D eigenvalue weighted by Gasteiger charge is 2.04. The normalized spacial score (nSPS) is 11.8. The molecule has 0 aliphatic carbocycles. The molecule has 0 aromatic heterocycles. The molecule has 0 saturated carbocycles. The third-order valence-corrected chi connectivity index (χ3v) is 9.84. The molecule has 0 heterocycles. The van der Waals surface area contributed by atoms with E-state index in [2.05, 4.69) is 48.6 Å². The van der Waals surface area contributed by atoms with Gasteiger partial charge in [0.15, 0.2) is 0 Å². The number of aldehydes is 1. The number of benzene rings is 1. The summed E-state index contributed by atoms with van der Waals surface area (Å²) in [6.07, 6.45) is 51.1. The van der Waals surface area contributed by atoms with Crippen molar-refractivity contribution >= 4 is 18.2 Å². The second kappa shape index (κ2) is 39.6. The zero-order valence-corrected chi connectivity index (χ0v) is 35.0. The van der Waals surface area contributed by atoms with Gasteiger partial charge in [0.1, 0.15) is 17.8 Å². The maximum absolute atomic E-state index is 11.5. The van der Waals surface area contributed by atoms with Crippen molar-refractivity contribution in [3.05, 3.63) is 72.4 Å². The average molecular weight is 779 g/mol. The Morgan fingerprint density at radius 3 is 1.04 bits per heavy atom. The predicted octanol–water partition coefficient (Wildman–Crippen LogP) is 14.4. The Kier molecular flexibility index (Phi) is 35.7. The van der Waals surface area contributed by atoms with Gasteiger partial charge in [0.05, 0.1) is 13.2 Å². The molecule has 0 spiro atoms. The molecule has 7 nitrogen and oxygen atoms in total. The lowest BCUT2D eigenvalue weighted by Gasteiger charge is -2.11. The molecule has 7 heteroatoms. The van der Waals surface area contributed by atoms with Gasteiger partial charge in [-0.3, -0.25) is 14.4 Å². The fraction of sp³-hybridized carbons (Fsp3) is 0.653. The maximum Gasteiger partial charge on any atom is 0.303 e. The number of allylic oxidation sites excluding steroid dienone is 8. The van der Waals surface area contributed by atoms with Crippen LogP contribution in [0.1, 0.15) is 203 Å². The Morgan fingerprint density at radius 2 is 0.714 bits per heavy atom. The van der Waals surface area contributed by atoms with Crippen LogP contribution in [0.25, 0.3) is 0 Å². The van der Waals surface area contributed by atoms with Gasteiger partial charge in [0.25, 0.3) is 0 Å². The van der Waals surface area contributed by atoms with Gasteiger partial charge in [-0.2, -0.15) is 0 Å². The van der Waals surface area contributed by atoms with Crippen LogP contribution in [0.5, 0.6) is 11.5 Å². The van der Waals surface area contributed by atoms with Gasteiger partial charge in [0.2, 0.25) is 0 Å². The highest BCUT2D eigenvalue weighted by Crippen LogP contribution is 2.23. The first-order valence-electron chi connectivity index (χ1n) is 22.4. The van der Waals surface area contributed by atoms with Gasteiger partial charge in [-0.25, -0.2) is 0 Å². The van der Waals surface area contributed by atoms with E-state index in [0.29, 0.717) is 43.1 Å². The van der Waals surface area contributed by atoms with Crippen molar-refractivity contribution in [2.45, 2.75) is 193 Å². The molecule has 0 fully saturated rings. The first kappa shape index (κ1) is 50.4. The van der Waals surface area contributed by atoms with Gasteiger partial charge < -0.3 is 19.7 Å². The van der Waals surface area contributed by atoms with Crippen molar-refractivity contribution in [2.24, 2.45) is 0 Å². The van der Waals surface area contributed by atoms with E-state index in [-0.39, 0.29) is 0 Å². The van der Waals surface area contributed by atoms with Crippen LogP contribution in [-0.4, -0.2) is 41.7 Å². The number of hydrogen-bond acceptors (Lipinski definition) is 5. The molecule has 0 saturated heterocycles. The molecule has 0 aliphatic heterocycles. The number of carbonyl (C=O) groups is 3. The summed E-state index contributed by atoms with van der Waals surface area (Å²) in [6.45, 7) is 1.30. The van der Waals surface area contributed by atoms with E-state index in [1.54, 1.807) is 12.1 Å². The molecule has 56 heavy (non-hydrogen) atoms. The molecule has 1 aromatic rings. The zero-order valence-electron chi connectivity index (χ0n) is 35.0. The number of ether oxygens (including phenoxy) is 2. The highest BCUT2D eigenvalue weighted by molar-refractivity contribution is 5.76. The van der Waals surface area contributed by atoms with Crippen LogP contribution in [0.3, 0.4) is 0 Å². The summed E-state index contributed by atoms with van der Waals surface area (Å²) in [7, 11) is 0. The molecule has 0 amide bonds. The first-order valence-corrected chi connectivity index (χ1v) is 22.4. The Hall–Kier alpha value is -3.61. The molecule has 2 N–H and O–H groups in total. The Bertz CT molecular complexity index is 1130. The molecule has 0 unspecified atom stereocenters. The fourth-order valence-electron chi connectivity index (χ4n) is 6.50. The van der Waals surface area contributed by atoms with Crippen molar-refractivity contribution in [3.8, 4) is 11.5 Å². The molecule has 0 radical (unpaired) electrons. The van der Waals surface area contributed by atoms with Gasteiger partial charge >= 0.3 is 11.9 Å². The SMILES string of the molecule is O=Cc1cc(OCCCCCCCCC=CCC=CCCCCCCCC(=O)O)cc(OCCCCCCCCC=CCC=CCCCCCCCC(=O)O)c1. The van der Waals surface area contributed by atoms with Gasteiger partial charge in [0, 0.05) is 24.5 Å². The van der Waals surface area contributed by atoms with Crippen LogP contribution >= 0.6 is 0 Å².